The van der Waals surface area contributed by atoms with Crippen molar-refractivity contribution in [2.24, 2.45) is 0 Å². The van der Waals surface area contributed by atoms with E-state index in [2.05, 4.69) is 51.2 Å². The van der Waals surface area contributed by atoms with Crippen molar-refractivity contribution in [2.75, 3.05) is 19.6 Å². The molecule has 76 valence electrons. The standard InChI is InChI=1S/C10H19IN2/c1-9(2)3-6-12-10-4-7-13(11)8-5-10/h3,10,12H,4-8H2,1-2H3. The fourth-order valence-electron chi connectivity index (χ4n) is 1.48. The zero-order valence-corrected chi connectivity index (χ0v) is 10.7. The van der Waals surface area contributed by atoms with E-state index in [0.29, 0.717) is 0 Å². The summed E-state index contributed by atoms with van der Waals surface area (Å²) in [5.41, 5.74) is 1.40. The smallest absolute Gasteiger partial charge is 0.0201 e. The predicted molar refractivity (Wildman–Crippen MR) is 66.0 cm³/mol. The summed E-state index contributed by atoms with van der Waals surface area (Å²) in [6.45, 7) is 7.79. The Bertz CT molecular complexity index is 168. The van der Waals surface area contributed by atoms with Gasteiger partial charge in [-0.05, 0) is 26.7 Å². The number of hydrogen-bond donors (Lipinski definition) is 1. The molecule has 0 aromatic heterocycles. The molecule has 1 N–H and O–H groups in total. The summed E-state index contributed by atoms with van der Waals surface area (Å²) < 4.78 is 2.37. The van der Waals surface area contributed by atoms with Gasteiger partial charge in [-0.3, -0.25) is 0 Å². The molecule has 1 heterocycles. The summed E-state index contributed by atoms with van der Waals surface area (Å²) in [7, 11) is 0. The molecule has 0 aliphatic carbocycles. The third-order valence-electron chi connectivity index (χ3n) is 2.36. The lowest BCUT2D eigenvalue weighted by molar-refractivity contribution is 0.332. The van der Waals surface area contributed by atoms with Crippen LogP contribution in [-0.4, -0.2) is 28.8 Å². The molecule has 13 heavy (non-hydrogen) atoms. The van der Waals surface area contributed by atoms with E-state index < -0.39 is 0 Å². The second-order valence-electron chi connectivity index (χ2n) is 3.87. The van der Waals surface area contributed by atoms with Gasteiger partial charge < -0.3 is 5.32 Å². The van der Waals surface area contributed by atoms with Gasteiger partial charge in [-0.15, -0.1) is 0 Å². The molecule has 0 aromatic carbocycles. The van der Waals surface area contributed by atoms with Gasteiger partial charge in [0.2, 0.25) is 0 Å². The lowest BCUT2D eigenvalue weighted by Crippen LogP contribution is -2.38. The maximum Gasteiger partial charge on any atom is 0.0201 e. The molecular formula is C10H19IN2. The van der Waals surface area contributed by atoms with Gasteiger partial charge in [0.25, 0.3) is 0 Å². The molecule has 1 aliphatic rings. The van der Waals surface area contributed by atoms with Crippen LogP contribution in [0.5, 0.6) is 0 Å². The Morgan fingerprint density at radius 2 is 2.08 bits per heavy atom. The first-order chi connectivity index (χ1) is 6.18. The lowest BCUT2D eigenvalue weighted by atomic mass is 10.1. The van der Waals surface area contributed by atoms with Gasteiger partial charge in [0.1, 0.15) is 0 Å². The number of halogens is 1. The molecule has 0 spiro atoms. The highest BCUT2D eigenvalue weighted by Crippen LogP contribution is 2.13. The van der Waals surface area contributed by atoms with Crippen molar-refractivity contribution in [3.8, 4) is 0 Å². The fraction of sp³-hybridized carbons (Fsp3) is 0.800. The molecule has 1 saturated heterocycles. The maximum atomic E-state index is 3.57. The fourth-order valence-corrected chi connectivity index (χ4v) is 2.04. The van der Waals surface area contributed by atoms with Crippen LogP contribution in [0.2, 0.25) is 0 Å². The molecule has 3 heteroatoms. The van der Waals surface area contributed by atoms with Gasteiger partial charge in [0.15, 0.2) is 0 Å². The second-order valence-corrected chi connectivity index (χ2v) is 5.24. The zero-order chi connectivity index (χ0) is 9.68. The molecule has 0 radical (unpaired) electrons. The Balaban J connectivity index is 2.12. The van der Waals surface area contributed by atoms with Crippen LogP contribution in [0.15, 0.2) is 11.6 Å². The van der Waals surface area contributed by atoms with Crippen molar-refractivity contribution in [3.05, 3.63) is 11.6 Å². The van der Waals surface area contributed by atoms with Gasteiger partial charge >= 0.3 is 0 Å². The van der Waals surface area contributed by atoms with E-state index in [9.17, 15) is 0 Å². The quantitative estimate of drug-likeness (QED) is 0.488. The van der Waals surface area contributed by atoms with E-state index in [1.165, 1.54) is 31.5 Å². The Morgan fingerprint density at radius 1 is 1.46 bits per heavy atom. The zero-order valence-electron chi connectivity index (χ0n) is 8.52. The van der Waals surface area contributed by atoms with Crippen molar-refractivity contribution in [1.29, 1.82) is 0 Å². The summed E-state index contributed by atoms with van der Waals surface area (Å²) in [6, 6.07) is 0.738. The van der Waals surface area contributed by atoms with Crippen LogP contribution >= 0.6 is 22.9 Å². The van der Waals surface area contributed by atoms with Crippen molar-refractivity contribution >= 4 is 22.9 Å². The van der Waals surface area contributed by atoms with E-state index in [-0.39, 0.29) is 0 Å². The largest absolute Gasteiger partial charge is 0.310 e. The molecule has 1 aliphatic heterocycles. The number of allylic oxidation sites excluding steroid dienone is 1. The summed E-state index contributed by atoms with van der Waals surface area (Å²) >= 11 is 2.41. The second kappa shape index (κ2) is 5.98. The molecule has 0 saturated carbocycles. The third kappa shape index (κ3) is 4.98. The van der Waals surface area contributed by atoms with Gasteiger partial charge in [0.05, 0.1) is 0 Å². The highest BCUT2D eigenvalue weighted by Gasteiger charge is 2.15. The van der Waals surface area contributed by atoms with E-state index in [4.69, 9.17) is 0 Å². The van der Waals surface area contributed by atoms with Crippen molar-refractivity contribution in [3.63, 3.8) is 0 Å². The number of nitrogens with one attached hydrogen (secondary N) is 1. The topological polar surface area (TPSA) is 15.3 Å². The molecule has 1 rings (SSSR count). The molecule has 0 unspecified atom stereocenters. The molecule has 0 amide bonds. The first kappa shape index (κ1) is 11.5. The van der Waals surface area contributed by atoms with E-state index in [0.717, 1.165) is 12.6 Å². The minimum absolute atomic E-state index is 0.738. The van der Waals surface area contributed by atoms with Crippen LogP contribution in [0.4, 0.5) is 0 Å². The van der Waals surface area contributed by atoms with Crippen LogP contribution < -0.4 is 5.32 Å². The van der Waals surface area contributed by atoms with Crippen LogP contribution in [0.1, 0.15) is 26.7 Å². The van der Waals surface area contributed by atoms with Crippen LogP contribution in [-0.2, 0) is 0 Å². The van der Waals surface area contributed by atoms with Gasteiger partial charge in [0, 0.05) is 48.5 Å². The number of nitrogens with zero attached hydrogens (tertiary/aromatic N) is 1. The lowest BCUT2D eigenvalue weighted by Gasteiger charge is -2.27. The van der Waals surface area contributed by atoms with Crippen molar-refractivity contribution < 1.29 is 0 Å². The van der Waals surface area contributed by atoms with E-state index in [1.807, 2.05) is 0 Å². The van der Waals surface area contributed by atoms with Crippen molar-refractivity contribution in [1.82, 2.24) is 8.43 Å². The molecule has 0 aromatic rings. The molecule has 0 bridgehead atoms. The van der Waals surface area contributed by atoms with Crippen molar-refractivity contribution in [2.45, 2.75) is 32.7 Å². The molecule has 1 fully saturated rings. The van der Waals surface area contributed by atoms with Crippen LogP contribution in [0.3, 0.4) is 0 Å². The molecule has 2 nitrogen and oxygen atoms in total. The van der Waals surface area contributed by atoms with Crippen LogP contribution in [0.25, 0.3) is 0 Å². The first-order valence-corrected chi connectivity index (χ1v) is 5.92. The molecule has 0 atom stereocenters. The average Bonchev–Trinajstić information content (AvgIpc) is 2.08. The Hall–Kier alpha value is 0.390. The monoisotopic (exact) mass is 294 g/mol. The summed E-state index contributed by atoms with van der Waals surface area (Å²) in [5.74, 6) is 0. The van der Waals surface area contributed by atoms with Gasteiger partial charge in [-0.25, -0.2) is 3.11 Å². The minimum Gasteiger partial charge on any atom is -0.310 e. The maximum absolute atomic E-state index is 3.57. The molecular weight excluding hydrogens is 275 g/mol. The SMILES string of the molecule is CC(C)=CCNC1CCN(I)CC1. The number of hydrogen-bond acceptors (Lipinski definition) is 2. The number of piperidine rings is 1. The highest BCUT2D eigenvalue weighted by molar-refractivity contribution is 14.1. The highest BCUT2D eigenvalue weighted by atomic mass is 127. The normalized spacial score (nSPS) is 20.2. The third-order valence-corrected chi connectivity index (χ3v) is 3.32. The Morgan fingerprint density at radius 3 is 2.62 bits per heavy atom. The average molecular weight is 294 g/mol. The van der Waals surface area contributed by atoms with E-state index >= 15 is 0 Å². The number of rotatable bonds is 3. The summed E-state index contributed by atoms with van der Waals surface area (Å²) in [5, 5.41) is 3.57. The predicted octanol–water partition coefficient (Wildman–Crippen LogP) is 2.36. The summed E-state index contributed by atoms with van der Waals surface area (Å²) in [6.07, 6.45) is 4.84. The van der Waals surface area contributed by atoms with Crippen LogP contribution in [0, 0.1) is 0 Å². The Labute approximate surface area is 95.3 Å². The van der Waals surface area contributed by atoms with E-state index in [1.54, 1.807) is 0 Å². The Kier molecular flexibility index (Phi) is 5.28. The van der Waals surface area contributed by atoms with Gasteiger partial charge in [-0.1, -0.05) is 11.6 Å². The first-order valence-electron chi connectivity index (χ1n) is 4.96. The van der Waals surface area contributed by atoms with Gasteiger partial charge in [-0.2, -0.15) is 0 Å². The minimum atomic E-state index is 0.738. The summed E-state index contributed by atoms with van der Waals surface area (Å²) in [4.78, 5) is 0.